The molecule has 0 saturated heterocycles. The molecule has 0 unspecified atom stereocenters. The Labute approximate surface area is 119 Å². The first-order valence-electron chi connectivity index (χ1n) is 7.44. The minimum atomic E-state index is 0.675. The van der Waals surface area contributed by atoms with Crippen LogP contribution in [0, 0.1) is 5.92 Å². The molecule has 1 fully saturated rings. The summed E-state index contributed by atoms with van der Waals surface area (Å²) in [6.07, 6.45) is 2.71. The molecule has 0 radical (unpaired) electrons. The monoisotopic (exact) mass is 270 g/mol. The number of para-hydroxylation sites is 1. The van der Waals surface area contributed by atoms with E-state index in [4.69, 9.17) is 0 Å². The van der Waals surface area contributed by atoms with Gasteiger partial charge in [-0.2, -0.15) is 0 Å². The third-order valence-electron chi connectivity index (χ3n) is 3.59. The van der Waals surface area contributed by atoms with E-state index in [1.807, 2.05) is 6.07 Å². The molecular weight excluding hydrogens is 248 g/mol. The summed E-state index contributed by atoms with van der Waals surface area (Å²) in [5, 5.41) is 7.95. The predicted molar refractivity (Wildman–Crippen MR) is 83.8 cm³/mol. The van der Waals surface area contributed by atoms with Gasteiger partial charge in [-0.15, -0.1) is 0 Å². The van der Waals surface area contributed by atoms with Gasteiger partial charge in [0.05, 0.1) is 6.54 Å². The molecule has 1 saturated carbocycles. The van der Waals surface area contributed by atoms with Crippen LogP contribution >= 0.6 is 0 Å². The fraction of sp³-hybridized carbons (Fsp3) is 0.438. The number of aromatic nitrogens is 1. The lowest BCUT2D eigenvalue weighted by atomic mass is 10.2. The van der Waals surface area contributed by atoms with Gasteiger partial charge in [0.25, 0.3) is 0 Å². The summed E-state index contributed by atoms with van der Waals surface area (Å²) in [5.41, 5.74) is 2.32. The Morgan fingerprint density at radius 3 is 2.90 bits per heavy atom. The van der Waals surface area contributed by atoms with Crippen LogP contribution in [0.2, 0.25) is 0 Å². The highest BCUT2D eigenvalue weighted by Gasteiger charge is 2.20. The number of rotatable bonds is 5. The number of nitrogens with zero attached hydrogens (tertiary/aromatic N) is 1. The normalized spacial score (nSPS) is 15.6. The average Bonchev–Trinajstić information content (AvgIpc) is 3.19. The number of guanidine groups is 1. The van der Waals surface area contributed by atoms with E-state index in [2.05, 4.69) is 51.8 Å². The van der Waals surface area contributed by atoms with Gasteiger partial charge in [-0.3, -0.25) is 0 Å². The molecule has 2 aromatic rings. The number of nitrogens with one attached hydrogen (secondary N) is 3. The molecule has 106 valence electrons. The van der Waals surface area contributed by atoms with Crippen molar-refractivity contribution in [2.45, 2.75) is 26.3 Å². The minimum absolute atomic E-state index is 0.675. The van der Waals surface area contributed by atoms with Crippen molar-refractivity contribution >= 4 is 16.9 Å². The second-order valence-electron chi connectivity index (χ2n) is 5.40. The first-order chi connectivity index (χ1) is 9.85. The molecule has 1 aromatic heterocycles. The van der Waals surface area contributed by atoms with E-state index in [1.165, 1.54) is 23.7 Å². The average molecular weight is 270 g/mol. The zero-order chi connectivity index (χ0) is 13.8. The lowest BCUT2D eigenvalue weighted by Gasteiger charge is -2.10. The largest absolute Gasteiger partial charge is 0.357 e. The van der Waals surface area contributed by atoms with Crippen LogP contribution in [-0.4, -0.2) is 24.0 Å². The number of benzene rings is 1. The van der Waals surface area contributed by atoms with Crippen LogP contribution in [0.25, 0.3) is 10.9 Å². The van der Waals surface area contributed by atoms with Crippen molar-refractivity contribution in [1.82, 2.24) is 15.6 Å². The summed E-state index contributed by atoms with van der Waals surface area (Å²) in [5.74, 6) is 1.77. The van der Waals surface area contributed by atoms with Gasteiger partial charge in [0.1, 0.15) is 0 Å². The van der Waals surface area contributed by atoms with E-state index in [0.717, 1.165) is 30.7 Å². The summed E-state index contributed by atoms with van der Waals surface area (Å²) in [7, 11) is 0. The number of aromatic amines is 1. The van der Waals surface area contributed by atoms with Crippen LogP contribution in [0.15, 0.2) is 35.3 Å². The van der Waals surface area contributed by atoms with Crippen molar-refractivity contribution < 1.29 is 0 Å². The van der Waals surface area contributed by atoms with Crippen molar-refractivity contribution in [2.24, 2.45) is 10.9 Å². The molecule has 0 amide bonds. The maximum Gasteiger partial charge on any atom is 0.191 e. The Morgan fingerprint density at radius 1 is 1.30 bits per heavy atom. The van der Waals surface area contributed by atoms with Gasteiger partial charge in [0, 0.05) is 24.3 Å². The van der Waals surface area contributed by atoms with E-state index < -0.39 is 0 Å². The second-order valence-corrected chi connectivity index (χ2v) is 5.40. The lowest BCUT2D eigenvalue weighted by molar-refractivity contribution is 0.738. The standard InChI is InChI=1S/C16H22N4/c1-2-17-16(18-10-12-7-8-12)19-11-14-9-13-5-3-4-6-15(13)20-14/h3-6,9,12,20H,2,7-8,10-11H2,1H3,(H2,17,18,19). The van der Waals surface area contributed by atoms with E-state index in [-0.39, 0.29) is 0 Å². The molecule has 1 aromatic carbocycles. The molecule has 20 heavy (non-hydrogen) atoms. The zero-order valence-electron chi connectivity index (χ0n) is 11.9. The van der Waals surface area contributed by atoms with Gasteiger partial charge in [0.15, 0.2) is 5.96 Å². The molecule has 1 aliphatic carbocycles. The minimum Gasteiger partial charge on any atom is -0.357 e. The van der Waals surface area contributed by atoms with Crippen LogP contribution in [0.5, 0.6) is 0 Å². The molecular formula is C16H22N4. The van der Waals surface area contributed by atoms with Crippen LogP contribution in [0.4, 0.5) is 0 Å². The van der Waals surface area contributed by atoms with E-state index in [0.29, 0.717) is 6.54 Å². The molecule has 3 N–H and O–H groups in total. The smallest absolute Gasteiger partial charge is 0.191 e. The topological polar surface area (TPSA) is 52.2 Å². The predicted octanol–water partition coefficient (Wildman–Crippen LogP) is 2.63. The van der Waals surface area contributed by atoms with Gasteiger partial charge in [-0.25, -0.2) is 4.99 Å². The van der Waals surface area contributed by atoms with Crippen LogP contribution in [-0.2, 0) is 6.54 Å². The van der Waals surface area contributed by atoms with Crippen molar-refractivity contribution in [3.63, 3.8) is 0 Å². The van der Waals surface area contributed by atoms with Gasteiger partial charge in [0.2, 0.25) is 0 Å². The first-order valence-corrected chi connectivity index (χ1v) is 7.44. The first kappa shape index (κ1) is 13.0. The molecule has 3 rings (SSSR count). The van der Waals surface area contributed by atoms with Crippen LogP contribution in [0.3, 0.4) is 0 Å². The third kappa shape index (κ3) is 3.32. The van der Waals surface area contributed by atoms with Crippen molar-refractivity contribution in [2.75, 3.05) is 13.1 Å². The lowest BCUT2D eigenvalue weighted by Crippen LogP contribution is -2.38. The van der Waals surface area contributed by atoms with Crippen LogP contribution < -0.4 is 10.6 Å². The zero-order valence-corrected chi connectivity index (χ0v) is 11.9. The molecule has 1 heterocycles. The Balaban J connectivity index is 1.65. The van der Waals surface area contributed by atoms with Gasteiger partial charge < -0.3 is 15.6 Å². The number of H-pyrrole nitrogens is 1. The molecule has 0 spiro atoms. The number of aliphatic imine (C=N–C) groups is 1. The Bertz CT molecular complexity index is 562. The fourth-order valence-electron chi connectivity index (χ4n) is 2.29. The van der Waals surface area contributed by atoms with Crippen molar-refractivity contribution in [3.05, 3.63) is 36.0 Å². The summed E-state index contributed by atoms with van der Waals surface area (Å²) in [6, 6.07) is 10.5. The number of fused-ring (bicyclic) bond motifs is 1. The van der Waals surface area contributed by atoms with E-state index >= 15 is 0 Å². The molecule has 0 bridgehead atoms. The SMILES string of the molecule is CCNC(=NCc1cc2ccccc2[nH]1)NCC1CC1. The van der Waals surface area contributed by atoms with Gasteiger partial charge >= 0.3 is 0 Å². The molecule has 4 nitrogen and oxygen atoms in total. The molecule has 1 aliphatic rings. The fourth-order valence-corrected chi connectivity index (χ4v) is 2.29. The Kier molecular flexibility index (Phi) is 3.90. The highest BCUT2D eigenvalue weighted by molar-refractivity contribution is 5.81. The maximum atomic E-state index is 4.64. The highest BCUT2D eigenvalue weighted by Crippen LogP contribution is 2.27. The molecule has 0 atom stereocenters. The quantitative estimate of drug-likeness (QED) is 0.578. The van der Waals surface area contributed by atoms with Crippen molar-refractivity contribution in [3.8, 4) is 0 Å². The summed E-state index contributed by atoms with van der Waals surface area (Å²) < 4.78 is 0. The van der Waals surface area contributed by atoms with Gasteiger partial charge in [-0.05, 0) is 43.2 Å². The second kappa shape index (κ2) is 5.99. The van der Waals surface area contributed by atoms with Gasteiger partial charge in [-0.1, -0.05) is 18.2 Å². The third-order valence-corrected chi connectivity index (χ3v) is 3.59. The van der Waals surface area contributed by atoms with E-state index in [1.54, 1.807) is 0 Å². The summed E-state index contributed by atoms with van der Waals surface area (Å²) >= 11 is 0. The number of hydrogen-bond acceptors (Lipinski definition) is 1. The van der Waals surface area contributed by atoms with Crippen LogP contribution in [0.1, 0.15) is 25.5 Å². The van der Waals surface area contributed by atoms with Crippen molar-refractivity contribution in [1.29, 1.82) is 0 Å². The Hall–Kier alpha value is -1.97. The molecule has 0 aliphatic heterocycles. The molecule has 4 heteroatoms. The highest BCUT2D eigenvalue weighted by atomic mass is 15.2. The van der Waals surface area contributed by atoms with E-state index in [9.17, 15) is 0 Å². The Morgan fingerprint density at radius 2 is 2.15 bits per heavy atom. The summed E-state index contributed by atoms with van der Waals surface area (Å²) in [6.45, 7) is 4.70. The summed E-state index contributed by atoms with van der Waals surface area (Å²) in [4.78, 5) is 8.05. The number of hydrogen-bond donors (Lipinski definition) is 3. The maximum absolute atomic E-state index is 4.64.